The van der Waals surface area contributed by atoms with Gasteiger partial charge in [-0.05, 0) is 76.4 Å². The number of benzene rings is 2. The maximum Gasteiger partial charge on any atom is 0.410 e. The van der Waals surface area contributed by atoms with Crippen LogP contribution in [0.4, 0.5) is 20.8 Å². The Balaban J connectivity index is 1.26. The van der Waals surface area contributed by atoms with E-state index in [0.717, 1.165) is 23.9 Å². The van der Waals surface area contributed by atoms with E-state index in [2.05, 4.69) is 15.6 Å². The van der Waals surface area contributed by atoms with Crippen LogP contribution in [-0.2, 0) is 4.74 Å². The van der Waals surface area contributed by atoms with Crippen LogP contribution in [0.1, 0.15) is 49.7 Å². The van der Waals surface area contributed by atoms with E-state index in [-0.39, 0.29) is 23.7 Å². The van der Waals surface area contributed by atoms with E-state index in [1.165, 1.54) is 6.07 Å². The van der Waals surface area contributed by atoms with Gasteiger partial charge >= 0.3 is 6.09 Å². The van der Waals surface area contributed by atoms with Gasteiger partial charge in [-0.2, -0.15) is 4.98 Å². The van der Waals surface area contributed by atoms with Crippen LogP contribution in [0.25, 0.3) is 27.8 Å². The first-order valence-corrected chi connectivity index (χ1v) is 14.6. The van der Waals surface area contributed by atoms with Gasteiger partial charge in [-0.15, -0.1) is 0 Å². The lowest BCUT2D eigenvalue weighted by atomic mass is 10.0. The van der Waals surface area contributed by atoms with Gasteiger partial charge in [0, 0.05) is 48.0 Å². The first-order valence-electron chi connectivity index (χ1n) is 14.6. The Kier molecular flexibility index (Phi) is 7.62. The Morgan fingerprint density at radius 2 is 1.84 bits per heavy atom. The van der Waals surface area contributed by atoms with Crippen molar-refractivity contribution >= 4 is 40.3 Å². The highest BCUT2D eigenvalue weighted by molar-refractivity contribution is 6.04. The minimum atomic E-state index is -0.558. The number of amides is 2. The summed E-state index contributed by atoms with van der Waals surface area (Å²) >= 11 is 0. The zero-order valence-corrected chi connectivity index (χ0v) is 25.1. The first kappa shape index (κ1) is 29.0. The van der Waals surface area contributed by atoms with Gasteiger partial charge in [0.2, 0.25) is 5.95 Å². The Hall–Kier alpha value is -5.06. The highest BCUT2D eigenvalue weighted by atomic mass is 19.1. The number of fused-ring (bicyclic) bond motifs is 3. The van der Waals surface area contributed by atoms with Crippen molar-refractivity contribution in [3.05, 3.63) is 84.1 Å². The molecule has 0 radical (unpaired) electrons. The summed E-state index contributed by atoms with van der Waals surface area (Å²) in [6, 6.07) is 15.2. The SMILES string of the molecule is Cc1cn2c(n1)c(-c1ccc(NC(=O)c3ccccc3)c(F)c1)cc1cnc(NC3CCCN(C(=O)OC(C)(C)C)C3)nc12. The molecule has 3 aromatic heterocycles. The Labute approximate surface area is 254 Å². The highest BCUT2D eigenvalue weighted by Gasteiger charge is 2.28. The first-order chi connectivity index (χ1) is 21.0. The predicted molar refractivity (Wildman–Crippen MR) is 167 cm³/mol. The van der Waals surface area contributed by atoms with E-state index >= 15 is 4.39 Å². The maximum absolute atomic E-state index is 15.3. The third-order valence-electron chi connectivity index (χ3n) is 7.36. The number of piperidine rings is 1. The second-order valence-corrected chi connectivity index (χ2v) is 12.0. The molecule has 0 saturated carbocycles. The second kappa shape index (κ2) is 11.6. The molecule has 1 aliphatic rings. The average molecular weight is 596 g/mol. The number of likely N-dealkylation sites (tertiary alicyclic amines) is 1. The molecule has 1 fully saturated rings. The molecule has 10 nitrogen and oxygen atoms in total. The third kappa shape index (κ3) is 6.17. The van der Waals surface area contributed by atoms with Crippen molar-refractivity contribution in [1.29, 1.82) is 0 Å². The van der Waals surface area contributed by atoms with E-state index in [1.807, 2.05) is 50.4 Å². The summed E-state index contributed by atoms with van der Waals surface area (Å²) in [5.74, 6) is -0.503. The Bertz CT molecular complexity index is 1870. The summed E-state index contributed by atoms with van der Waals surface area (Å²) in [6.07, 6.45) is 4.99. The number of anilines is 2. The quantitative estimate of drug-likeness (QED) is 0.240. The summed E-state index contributed by atoms with van der Waals surface area (Å²) in [5, 5.41) is 6.78. The smallest absolute Gasteiger partial charge is 0.410 e. The fourth-order valence-corrected chi connectivity index (χ4v) is 5.37. The Morgan fingerprint density at radius 3 is 2.59 bits per heavy atom. The number of nitrogens with one attached hydrogen (secondary N) is 2. The molecule has 6 rings (SSSR count). The van der Waals surface area contributed by atoms with Crippen molar-refractivity contribution in [3.8, 4) is 11.1 Å². The standard InChI is InChI=1S/C33H34FN7O3/c1-20-18-41-28-23(17-35-31(39-28)37-24-11-8-14-40(19-24)32(43)44-33(2,3)4)15-25(29(41)36-20)22-12-13-27(26(34)16-22)38-30(42)21-9-6-5-7-10-21/h5-7,9-10,12-13,15-18,24H,8,11,14,19H2,1-4H3,(H,38,42)(H,35,37,39). The van der Waals surface area contributed by atoms with Crippen LogP contribution in [0.5, 0.6) is 0 Å². The number of hydrogen-bond acceptors (Lipinski definition) is 7. The molecule has 44 heavy (non-hydrogen) atoms. The van der Waals surface area contributed by atoms with Crippen LogP contribution in [-0.4, -0.2) is 61.0 Å². The van der Waals surface area contributed by atoms with E-state index in [4.69, 9.17) is 14.7 Å². The number of pyridine rings is 1. The highest BCUT2D eigenvalue weighted by Crippen LogP contribution is 2.31. The lowest BCUT2D eigenvalue weighted by Crippen LogP contribution is -2.47. The fraction of sp³-hybridized carbons (Fsp3) is 0.303. The minimum Gasteiger partial charge on any atom is -0.444 e. The fourth-order valence-electron chi connectivity index (χ4n) is 5.37. The monoisotopic (exact) mass is 595 g/mol. The molecule has 11 heteroatoms. The van der Waals surface area contributed by atoms with Crippen LogP contribution >= 0.6 is 0 Å². The summed E-state index contributed by atoms with van der Waals surface area (Å²) in [5.41, 5.74) is 3.32. The van der Waals surface area contributed by atoms with Gasteiger partial charge in [0.25, 0.3) is 5.91 Å². The summed E-state index contributed by atoms with van der Waals surface area (Å²) in [4.78, 5) is 41.0. The topological polar surface area (TPSA) is 114 Å². The van der Waals surface area contributed by atoms with E-state index in [0.29, 0.717) is 47.0 Å². The molecular weight excluding hydrogens is 561 g/mol. The molecule has 0 aliphatic carbocycles. The molecule has 1 saturated heterocycles. The maximum atomic E-state index is 15.3. The summed E-state index contributed by atoms with van der Waals surface area (Å²) < 4.78 is 22.7. The minimum absolute atomic E-state index is 0.0307. The molecule has 2 N–H and O–H groups in total. The molecule has 2 amide bonds. The number of aryl methyl sites for hydroxylation is 1. The normalized spacial score (nSPS) is 15.4. The average Bonchev–Trinajstić information content (AvgIpc) is 3.39. The molecule has 5 aromatic rings. The molecule has 0 spiro atoms. The van der Waals surface area contributed by atoms with E-state index in [9.17, 15) is 9.59 Å². The van der Waals surface area contributed by atoms with Crippen molar-refractivity contribution in [1.82, 2.24) is 24.3 Å². The van der Waals surface area contributed by atoms with Crippen LogP contribution in [0, 0.1) is 12.7 Å². The predicted octanol–water partition coefficient (Wildman–Crippen LogP) is 6.46. The summed E-state index contributed by atoms with van der Waals surface area (Å²) in [7, 11) is 0. The van der Waals surface area contributed by atoms with Crippen molar-refractivity contribution in [2.24, 2.45) is 0 Å². The number of halogens is 1. The van der Waals surface area contributed by atoms with E-state index in [1.54, 1.807) is 47.5 Å². The molecule has 2 aromatic carbocycles. The van der Waals surface area contributed by atoms with Crippen molar-refractivity contribution in [2.75, 3.05) is 23.7 Å². The lowest BCUT2D eigenvalue weighted by molar-refractivity contribution is 0.0206. The van der Waals surface area contributed by atoms with Crippen LogP contribution in [0.2, 0.25) is 0 Å². The third-order valence-corrected chi connectivity index (χ3v) is 7.36. The van der Waals surface area contributed by atoms with Gasteiger partial charge in [-0.3, -0.25) is 9.20 Å². The lowest BCUT2D eigenvalue weighted by Gasteiger charge is -2.34. The molecule has 226 valence electrons. The number of carbonyl (C=O) groups excluding carboxylic acids is 2. The molecule has 4 heterocycles. The number of rotatable bonds is 5. The van der Waals surface area contributed by atoms with Crippen molar-refractivity contribution in [2.45, 2.75) is 52.2 Å². The van der Waals surface area contributed by atoms with Crippen molar-refractivity contribution < 1.29 is 18.7 Å². The number of nitrogens with zero attached hydrogens (tertiary/aromatic N) is 5. The van der Waals surface area contributed by atoms with E-state index < -0.39 is 11.4 Å². The van der Waals surface area contributed by atoms with Crippen LogP contribution < -0.4 is 10.6 Å². The van der Waals surface area contributed by atoms with Crippen LogP contribution in [0.3, 0.4) is 0 Å². The molecule has 1 aliphatic heterocycles. The second-order valence-electron chi connectivity index (χ2n) is 12.0. The molecule has 1 atom stereocenters. The Morgan fingerprint density at radius 1 is 1.05 bits per heavy atom. The number of aromatic nitrogens is 4. The zero-order chi connectivity index (χ0) is 31.0. The van der Waals surface area contributed by atoms with Gasteiger partial charge in [-0.1, -0.05) is 24.3 Å². The van der Waals surface area contributed by atoms with Gasteiger partial charge < -0.3 is 20.3 Å². The van der Waals surface area contributed by atoms with Gasteiger partial charge in [-0.25, -0.2) is 19.2 Å². The molecular formula is C33H34FN7O3. The van der Waals surface area contributed by atoms with Crippen molar-refractivity contribution in [3.63, 3.8) is 0 Å². The van der Waals surface area contributed by atoms with Crippen LogP contribution in [0.15, 0.2) is 67.0 Å². The number of carbonyl (C=O) groups is 2. The summed E-state index contributed by atoms with van der Waals surface area (Å²) in [6.45, 7) is 8.59. The number of imidazole rings is 1. The van der Waals surface area contributed by atoms with Gasteiger partial charge in [0.05, 0.1) is 11.4 Å². The molecule has 0 bridgehead atoms. The largest absolute Gasteiger partial charge is 0.444 e. The number of hydrogen-bond donors (Lipinski definition) is 2. The zero-order valence-electron chi connectivity index (χ0n) is 25.1. The number of ether oxygens (including phenoxy) is 1. The van der Waals surface area contributed by atoms with Gasteiger partial charge in [0.15, 0.2) is 5.65 Å². The molecule has 1 unspecified atom stereocenters. The van der Waals surface area contributed by atoms with Gasteiger partial charge in [0.1, 0.15) is 17.1 Å².